The van der Waals surface area contributed by atoms with Gasteiger partial charge in [0.1, 0.15) is 10.8 Å². The van der Waals surface area contributed by atoms with E-state index < -0.39 is 0 Å². The van der Waals surface area contributed by atoms with Gasteiger partial charge < -0.3 is 15.5 Å². The van der Waals surface area contributed by atoms with Gasteiger partial charge in [-0.1, -0.05) is 42.6 Å². The summed E-state index contributed by atoms with van der Waals surface area (Å²) < 4.78 is 0. The number of nitrogens with zero attached hydrogens (tertiary/aromatic N) is 5. The third-order valence-corrected chi connectivity index (χ3v) is 6.41. The molecular formula is C22H24ClN7S2. The van der Waals surface area contributed by atoms with Crippen LogP contribution in [0.1, 0.15) is 31.2 Å². The first kappa shape index (κ1) is 22.7. The average Bonchev–Trinajstić information content (AvgIpc) is 3.09. The molecule has 10 heteroatoms. The molecule has 1 fully saturated rings. The largest absolute Gasteiger partial charge is 0.358 e. The molecule has 0 aliphatic carbocycles. The number of nitrogens with one attached hydrogen (secondary N) is 2. The Kier molecular flexibility index (Phi) is 8.08. The first-order valence-electron chi connectivity index (χ1n) is 10.5. The Morgan fingerprint density at radius 1 is 1.03 bits per heavy atom. The standard InChI is InChI=1S/C22H24ClN7S2/c23-17-9-4-3-8-16(17)15-26-21(31)29-20-27-18(30-12-5-1-2-6-13-30)14-19(28-20)32-22-24-10-7-11-25-22/h3-4,7-11,14H,1-2,5-6,12-13,15H2,(H2,26,27,28,29,31). The highest BCUT2D eigenvalue weighted by Gasteiger charge is 2.16. The van der Waals surface area contributed by atoms with E-state index in [9.17, 15) is 0 Å². The fourth-order valence-corrected chi connectivity index (χ4v) is 4.45. The van der Waals surface area contributed by atoms with Crippen LogP contribution in [-0.2, 0) is 6.54 Å². The first-order chi connectivity index (χ1) is 15.7. The highest BCUT2D eigenvalue weighted by Crippen LogP contribution is 2.28. The van der Waals surface area contributed by atoms with Crippen molar-refractivity contribution in [3.8, 4) is 0 Å². The SMILES string of the molecule is S=C(NCc1ccccc1Cl)Nc1nc(Sc2ncccn2)cc(N2CCCCCC2)n1. The van der Waals surface area contributed by atoms with E-state index in [1.807, 2.05) is 30.3 Å². The van der Waals surface area contributed by atoms with Crippen LogP contribution in [-0.4, -0.2) is 38.1 Å². The van der Waals surface area contributed by atoms with Gasteiger partial charge in [0.05, 0.1) is 0 Å². The predicted octanol–water partition coefficient (Wildman–Crippen LogP) is 4.94. The van der Waals surface area contributed by atoms with Crippen LogP contribution in [0.2, 0.25) is 5.02 Å². The first-order valence-corrected chi connectivity index (χ1v) is 12.1. The van der Waals surface area contributed by atoms with Crippen LogP contribution in [0.15, 0.2) is 59.0 Å². The Morgan fingerprint density at radius 3 is 2.53 bits per heavy atom. The molecule has 3 heterocycles. The third kappa shape index (κ3) is 6.51. The van der Waals surface area contributed by atoms with E-state index in [4.69, 9.17) is 28.8 Å². The summed E-state index contributed by atoms with van der Waals surface area (Å²) in [4.78, 5) is 20.3. The Labute approximate surface area is 202 Å². The number of benzene rings is 1. The van der Waals surface area contributed by atoms with Crippen LogP contribution in [0.3, 0.4) is 0 Å². The zero-order valence-corrected chi connectivity index (χ0v) is 19.9. The van der Waals surface area contributed by atoms with Gasteiger partial charge in [-0.2, -0.15) is 4.98 Å². The molecule has 0 radical (unpaired) electrons. The third-order valence-electron chi connectivity index (χ3n) is 4.98. The topological polar surface area (TPSA) is 78.9 Å². The summed E-state index contributed by atoms with van der Waals surface area (Å²) in [5.74, 6) is 1.33. The van der Waals surface area contributed by atoms with Gasteiger partial charge >= 0.3 is 0 Å². The molecule has 3 aromatic rings. The number of thiocarbonyl (C=S) groups is 1. The summed E-state index contributed by atoms with van der Waals surface area (Å²) in [6.45, 7) is 2.48. The van der Waals surface area contributed by atoms with Crippen LogP contribution in [0.25, 0.3) is 0 Å². The minimum Gasteiger partial charge on any atom is -0.358 e. The van der Waals surface area contributed by atoms with E-state index in [1.165, 1.54) is 24.6 Å². The molecule has 0 amide bonds. The maximum absolute atomic E-state index is 6.24. The second-order valence-electron chi connectivity index (χ2n) is 7.32. The van der Waals surface area contributed by atoms with E-state index in [2.05, 4.69) is 30.5 Å². The lowest BCUT2D eigenvalue weighted by Gasteiger charge is -2.22. The Hall–Kier alpha value is -2.49. The molecule has 166 valence electrons. The monoisotopic (exact) mass is 485 g/mol. The lowest BCUT2D eigenvalue weighted by molar-refractivity contribution is 0.726. The molecule has 7 nitrogen and oxygen atoms in total. The van der Waals surface area contributed by atoms with Gasteiger partial charge in [-0.15, -0.1) is 0 Å². The molecule has 1 aliphatic rings. The zero-order valence-electron chi connectivity index (χ0n) is 17.5. The summed E-state index contributed by atoms with van der Waals surface area (Å²) in [5, 5.41) is 8.84. The van der Waals surface area contributed by atoms with Crippen molar-refractivity contribution in [3.05, 3.63) is 59.4 Å². The Bertz CT molecular complexity index is 1040. The molecule has 2 aromatic heterocycles. The average molecular weight is 486 g/mol. The molecule has 1 saturated heterocycles. The van der Waals surface area contributed by atoms with E-state index in [0.717, 1.165) is 42.3 Å². The maximum atomic E-state index is 6.24. The molecule has 4 rings (SSSR count). The van der Waals surface area contributed by atoms with Crippen molar-refractivity contribution in [2.45, 2.75) is 42.4 Å². The molecule has 0 atom stereocenters. The van der Waals surface area contributed by atoms with Gasteiger partial charge in [0, 0.05) is 43.1 Å². The van der Waals surface area contributed by atoms with Crippen LogP contribution in [0, 0.1) is 0 Å². The summed E-state index contributed by atoms with van der Waals surface area (Å²) in [5.41, 5.74) is 0.968. The van der Waals surface area contributed by atoms with Gasteiger partial charge in [-0.3, -0.25) is 0 Å². The second kappa shape index (κ2) is 11.4. The normalized spacial score (nSPS) is 14.0. The minimum absolute atomic E-state index is 0.435. The van der Waals surface area contributed by atoms with Crippen molar-refractivity contribution in [3.63, 3.8) is 0 Å². The van der Waals surface area contributed by atoms with Crippen molar-refractivity contribution in [1.82, 2.24) is 25.3 Å². The zero-order chi connectivity index (χ0) is 22.2. The highest BCUT2D eigenvalue weighted by molar-refractivity contribution is 7.99. The molecule has 1 aliphatic heterocycles. The van der Waals surface area contributed by atoms with Crippen LogP contribution in [0.5, 0.6) is 0 Å². The number of halogens is 1. The van der Waals surface area contributed by atoms with Crippen LogP contribution in [0.4, 0.5) is 11.8 Å². The van der Waals surface area contributed by atoms with Crippen molar-refractivity contribution in [2.24, 2.45) is 0 Å². The Balaban J connectivity index is 1.51. The van der Waals surface area contributed by atoms with Crippen molar-refractivity contribution in [1.29, 1.82) is 0 Å². The maximum Gasteiger partial charge on any atom is 0.232 e. The van der Waals surface area contributed by atoms with E-state index in [0.29, 0.717) is 27.8 Å². The summed E-state index contributed by atoms with van der Waals surface area (Å²) in [6.07, 6.45) is 8.27. The number of anilines is 2. The van der Waals surface area contributed by atoms with Crippen LogP contribution >= 0.6 is 35.6 Å². The Morgan fingerprint density at radius 2 is 1.78 bits per heavy atom. The number of hydrogen-bond acceptors (Lipinski definition) is 7. The fourth-order valence-electron chi connectivity index (χ4n) is 3.38. The van der Waals surface area contributed by atoms with Gasteiger partial charge in [0.2, 0.25) is 5.95 Å². The molecule has 0 bridgehead atoms. The van der Waals surface area contributed by atoms with Gasteiger partial charge in [-0.05, 0) is 54.5 Å². The van der Waals surface area contributed by atoms with E-state index in [-0.39, 0.29) is 0 Å². The number of rotatable bonds is 6. The number of hydrogen-bond donors (Lipinski definition) is 2. The van der Waals surface area contributed by atoms with E-state index >= 15 is 0 Å². The molecule has 0 spiro atoms. The molecular weight excluding hydrogens is 462 g/mol. The van der Waals surface area contributed by atoms with Crippen molar-refractivity contribution in [2.75, 3.05) is 23.3 Å². The molecule has 0 unspecified atom stereocenters. The quantitative estimate of drug-likeness (QED) is 0.286. The summed E-state index contributed by atoms with van der Waals surface area (Å²) >= 11 is 13.1. The van der Waals surface area contributed by atoms with Gasteiger partial charge in [-0.25, -0.2) is 15.0 Å². The summed E-state index contributed by atoms with van der Waals surface area (Å²) in [7, 11) is 0. The van der Waals surface area contributed by atoms with Crippen LogP contribution < -0.4 is 15.5 Å². The summed E-state index contributed by atoms with van der Waals surface area (Å²) in [6, 6.07) is 11.5. The second-order valence-corrected chi connectivity index (χ2v) is 9.12. The van der Waals surface area contributed by atoms with Crippen molar-refractivity contribution < 1.29 is 0 Å². The van der Waals surface area contributed by atoms with Crippen molar-refractivity contribution >= 4 is 52.5 Å². The highest BCUT2D eigenvalue weighted by atomic mass is 35.5. The van der Waals surface area contributed by atoms with Gasteiger partial charge in [0.15, 0.2) is 10.3 Å². The molecule has 32 heavy (non-hydrogen) atoms. The smallest absolute Gasteiger partial charge is 0.232 e. The predicted molar refractivity (Wildman–Crippen MR) is 133 cm³/mol. The fraction of sp³-hybridized carbons (Fsp3) is 0.318. The lowest BCUT2D eigenvalue weighted by atomic mass is 10.2. The number of aromatic nitrogens is 4. The lowest BCUT2D eigenvalue weighted by Crippen LogP contribution is -2.30. The van der Waals surface area contributed by atoms with E-state index in [1.54, 1.807) is 18.5 Å². The molecule has 1 aromatic carbocycles. The minimum atomic E-state index is 0.435. The molecule has 2 N–H and O–H groups in total. The van der Waals surface area contributed by atoms with Gasteiger partial charge in [0.25, 0.3) is 0 Å². The molecule has 0 saturated carbocycles.